The van der Waals surface area contributed by atoms with E-state index >= 15 is 0 Å². The van der Waals surface area contributed by atoms with E-state index in [0.29, 0.717) is 11.1 Å². The van der Waals surface area contributed by atoms with Gasteiger partial charge in [-0.1, -0.05) is 30.3 Å². The third kappa shape index (κ3) is 2.51. The Bertz CT molecular complexity index is 767. The summed E-state index contributed by atoms with van der Waals surface area (Å²) < 4.78 is 1.05. The lowest BCUT2D eigenvalue weighted by atomic mass is 10.0. The Morgan fingerprint density at radius 3 is 2.63 bits per heavy atom. The molecule has 0 amide bonds. The summed E-state index contributed by atoms with van der Waals surface area (Å²) >= 11 is 2.20. The largest absolute Gasteiger partial charge is 0.289 e. The molecule has 1 aromatic heterocycles. The van der Waals surface area contributed by atoms with Crippen LogP contribution in [0.5, 0.6) is 0 Å². The number of aromatic nitrogens is 1. The number of benzene rings is 2. The van der Waals surface area contributed by atoms with Crippen molar-refractivity contribution in [3.63, 3.8) is 0 Å². The summed E-state index contributed by atoms with van der Waals surface area (Å²) in [6.45, 7) is 0. The lowest BCUT2D eigenvalue weighted by Gasteiger charge is -2.03. The Morgan fingerprint density at radius 1 is 0.947 bits per heavy atom. The van der Waals surface area contributed by atoms with Crippen LogP contribution in [-0.4, -0.2) is 10.8 Å². The van der Waals surface area contributed by atoms with Gasteiger partial charge < -0.3 is 0 Å². The van der Waals surface area contributed by atoms with E-state index in [9.17, 15) is 4.79 Å². The minimum atomic E-state index is 0.0109. The first-order valence-electron chi connectivity index (χ1n) is 5.89. The highest BCUT2D eigenvalue weighted by atomic mass is 127. The van der Waals surface area contributed by atoms with E-state index < -0.39 is 0 Å². The molecule has 3 rings (SSSR count). The van der Waals surface area contributed by atoms with Crippen LogP contribution in [-0.2, 0) is 0 Å². The van der Waals surface area contributed by atoms with Crippen molar-refractivity contribution in [2.75, 3.05) is 0 Å². The molecule has 2 nitrogen and oxygen atoms in total. The summed E-state index contributed by atoms with van der Waals surface area (Å²) in [5.74, 6) is 0.0109. The molecule has 0 atom stereocenters. The molecule has 0 aliphatic heterocycles. The number of hydrogen-bond acceptors (Lipinski definition) is 2. The van der Waals surface area contributed by atoms with Crippen LogP contribution in [0.2, 0.25) is 0 Å². The van der Waals surface area contributed by atoms with Crippen molar-refractivity contribution >= 4 is 39.3 Å². The maximum absolute atomic E-state index is 12.4. The first kappa shape index (κ1) is 12.3. The lowest BCUT2D eigenvalue weighted by Crippen LogP contribution is -2.02. The molecule has 1 heterocycles. The van der Waals surface area contributed by atoms with Gasteiger partial charge >= 0.3 is 0 Å². The lowest BCUT2D eigenvalue weighted by molar-refractivity contribution is 0.103. The zero-order valence-corrected chi connectivity index (χ0v) is 12.2. The minimum absolute atomic E-state index is 0.0109. The van der Waals surface area contributed by atoms with Crippen LogP contribution in [0.4, 0.5) is 0 Å². The van der Waals surface area contributed by atoms with Crippen LogP contribution in [0.1, 0.15) is 15.9 Å². The molecule has 0 aliphatic carbocycles. The van der Waals surface area contributed by atoms with Crippen molar-refractivity contribution in [3.8, 4) is 0 Å². The van der Waals surface area contributed by atoms with Crippen LogP contribution in [0.25, 0.3) is 10.9 Å². The van der Waals surface area contributed by atoms with Crippen molar-refractivity contribution in [2.24, 2.45) is 0 Å². The molecular formula is C16H10INO. The van der Waals surface area contributed by atoms with Crippen molar-refractivity contribution in [3.05, 3.63) is 75.5 Å². The van der Waals surface area contributed by atoms with Crippen LogP contribution < -0.4 is 0 Å². The molecular weight excluding hydrogens is 349 g/mol. The number of carbonyl (C=O) groups is 1. The Balaban J connectivity index is 2.06. The number of para-hydroxylation sites is 1. The van der Waals surface area contributed by atoms with E-state index in [4.69, 9.17) is 0 Å². The second kappa shape index (κ2) is 5.09. The summed E-state index contributed by atoms with van der Waals surface area (Å²) in [5.41, 5.74) is 2.23. The summed E-state index contributed by atoms with van der Waals surface area (Å²) in [7, 11) is 0. The first-order chi connectivity index (χ1) is 9.24. The number of halogens is 1. The number of fused-ring (bicyclic) bond motifs is 1. The minimum Gasteiger partial charge on any atom is -0.289 e. The third-order valence-electron chi connectivity index (χ3n) is 2.94. The fraction of sp³-hybridized carbons (Fsp3) is 0. The maximum Gasteiger partial charge on any atom is 0.194 e. The smallest absolute Gasteiger partial charge is 0.194 e. The normalized spacial score (nSPS) is 10.6. The molecule has 92 valence electrons. The predicted molar refractivity (Wildman–Crippen MR) is 84.3 cm³/mol. The Kier molecular flexibility index (Phi) is 3.29. The average Bonchev–Trinajstić information content (AvgIpc) is 2.46. The molecule has 0 bridgehead atoms. The molecule has 0 spiro atoms. The maximum atomic E-state index is 12.4. The van der Waals surface area contributed by atoms with E-state index in [1.165, 1.54) is 0 Å². The zero-order chi connectivity index (χ0) is 13.2. The van der Waals surface area contributed by atoms with E-state index in [0.717, 1.165) is 14.5 Å². The monoisotopic (exact) mass is 359 g/mol. The van der Waals surface area contributed by atoms with Gasteiger partial charge in [0.1, 0.15) is 0 Å². The highest BCUT2D eigenvalue weighted by molar-refractivity contribution is 14.1. The fourth-order valence-corrected chi connectivity index (χ4v) is 2.53. The Morgan fingerprint density at radius 2 is 1.79 bits per heavy atom. The molecule has 0 radical (unpaired) electrons. The number of rotatable bonds is 2. The quantitative estimate of drug-likeness (QED) is 0.510. The first-order valence-corrected chi connectivity index (χ1v) is 6.97. The van der Waals surface area contributed by atoms with Gasteiger partial charge in [-0.25, -0.2) is 0 Å². The van der Waals surface area contributed by atoms with E-state index in [1.54, 1.807) is 6.20 Å². The SMILES string of the molecule is O=C(c1cccc(I)c1)c1cnc2ccccc2c1. The molecule has 0 unspecified atom stereocenters. The molecule has 0 saturated heterocycles. The molecule has 19 heavy (non-hydrogen) atoms. The number of pyridine rings is 1. The predicted octanol–water partition coefficient (Wildman–Crippen LogP) is 4.07. The van der Waals surface area contributed by atoms with Gasteiger partial charge in [0.2, 0.25) is 0 Å². The van der Waals surface area contributed by atoms with Gasteiger partial charge in [-0.3, -0.25) is 9.78 Å². The molecule has 2 aromatic carbocycles. The van der Waals surface area contributed by atoms with Crippen molar-refractivity contribution in [2.45, 2.75) is 0 Å². The summed E-state index contributed by atoms with van der Waals surface area (Å²) in [4.78, 5) is 16.7. The van der Waals surface area contributed by atoms with Crippen LogP contribution >= 0.6 is 22.6 Å². The van der Waals surface area contributed by atoms with E-state index in [1.807, 2.05) is 54.6 Å². The molecule has 0 aliphatic rings. The summed E-state index contributed by atoms with van der Waals surface area (Å²) in [6.07, 6.45) is 1.64. The molecule has 3 aromatic rings. The Labute approximate surface area is 124 Å². The molecule has 0 fully saturated rings. The summed E-state index contributed by atoms with van der Waals surface area (Å²) in [6, 6.07) is 17.3. The van der Waals surface area contributed by atoms with Crippen LogP contribution in [0.15, 0.2) is 60.8 Å². The fourth-order valence-electron chi connectivity index (χ4n) is 1.99. The topological polar surface area (TPSA) is 30.0 Å². The number of carbonyl (C=O) groups excluding carboxylic acids is 1. The standard InChI is InChI=1S/C16H10INO/c17-14-6-3-5-12(9-14)16(19)13-8-11-4-1-2-7-15(11)18-10-13/h1-10H. The van der Waals surface area contributed by atoms with Gasteiger partial charge in [0.15, 0.2) is 5.78 Å². The van der Waals surface area contributed by atoms with Gasteiger partial charge in [0, 0.05) is 26.3 Å². The molecule has 0 N–H and O–H groups in total. The van der Waals surface area contributed by atoms with Crippen LogP contribution in [0, 0.1) is 3.57 Å². The second-order valence-corrected chi connectivity index (χ2v) is 5.50. The van der Waals surface area contributed by atoms with Crippen molar-refractivity contribution < 1.29 is 4.79 Å². The molecule has 0 saturated carbocycles. The number of ketones is 1. The highest BCUT2D eigenvalue weighted by Gasteiger charge is 2.10. The van der Waals surface area contributed by atoms with E-state index in [2.05, 4.69) is 27.6 Å². The van der Waals surface area contributed by atoms with Gasteiger partial charge in [-0.2, -0.15) is 0 Å². The van der Waals surface area contributed by atoms with Gasteiger partial charge in [-0.05, 0) is 46.9 Å². The number of hydrogen-bond donors (Lipinski definition) is 0. The Hall–Kier alpha value is -1.75. The van der Waals surface area contributed by atoms with Gasteiger partial charge in [0.05, 0.1) is 5.52 Å². The molecule has 3 heteroatoms. The van der Waals surface area contributed by atoms with Crippen molar-refractivity contribution in [1.29, 1.82) is 0 Å². The average molecular weight is 359 g/mol. The van der Waals surface area contributed by atoms with Gasteiger partial charge in [-0.15, -0.1) is 0 Å². The summed E-state index contributed by atoms with van der Waals surface area (Å²) in [5, 5.41) is 0.985. The zero-order valence-electron chi connectivity index (χ0n) is 10.0. The highest BCUT2D eigenvalue weighted by Crippen LogP contribution is 2.17. The number of nitrogens with zero attached hydrogens (tertiary/aromatic N) is 1. The third-order valence-corrected chi connectivity index (χ3v) is 3.61. The van der Waals surface area contributed by atoms with Gasteiger partial charge in [0.25, 0.3) is 0 Å². The second-order valence-electron chi connectivity index (χ2n) is 4.26. The van der Waals surface area contributed by atoms with E-state index in [-0.39, 0.29) is 5.78 Å². The van der Waals surface area contributed by atoms with Crippen LogP contribution in [0.3, 0.4) is 0 Å². The van der Waals surface area contributed by atoms with Crippen molar-refractivity contribution in [1.82, 2.24) is 4.98 Å².